The molecule has 1 aliphatic carbocycles. The number of hydrogen-bond acceptors (Lipinski definition) is 2. The van der Waals surface area contributed by atoms with Crippen LogP contribution in [-0.4, -0.2) is 29.8 Å². The van der Waals surface area contributed by atoms with Crippen LogP contribution in [0.3, 0.4) is 0 Å². The summed E-state index contributed by atoms with van der Waals surface area (Å²) < 4.78 is 0. The Hall–Kier alpha value is -0.370. The van der Waals surface area contributed by atoms with Gasteiger partial charge in [0.05, 0.1) is 0 Å². The summed E-state index contributed by atoms with van der Waals surface area (Å²) in [5.41, 5.74) is 0. The quantitative estimate of drug-likeness (QED) is 0.675. The summed E-state index contributed by atoms with van der Waals surface area (Å²) in [5.74, 6) is 0.882. The molecule has 0 heterocycles. The lowest BCUT2D eigenvalue weighted by molar-refractivity contribution is -0.120. The van der Waals surface area contributed by atoms with Crippen LogP contribution >= 0.6 is 0 Å². The molecule has 0 spiro atoms. The van der Waals surface area contributed by atoms with E-state index >= 15 is 0 Å². The number of hydrogen-bond donors (Lipinski definition) is 0. The molecule has 82 valence electrons. The van der Waals surface area contributed by atoms with Crippen LogP contribution in [0.4, 0.5) is 0 Å². The number of carbonyl (C=O) groups is 1. The van der Waals surface area contributed by atoms with Gasteiger partial charge in [0.1, 0.15) is 5.78 Å². The maximum atomic E-state index is 11.4. The first-order valence-corrected chi connectivity index (χ1v) is 5.92. The van der Waals surface area contributed by atoms with Gasteiger partial charge in [-0.2, -0.15) is 0 Å². The van der Waals surface area contributed by atoms with E-state index in [9.17, 15) is 4.79 Å². The van der Waals surface area contributed by atoms with Crippen molar-refractivity contribution in [3.8, 4) is 0 Å². The van der Waals surface area contributed by atoms with Crippen molar-refractivity contribution in [2.45, 2.75) is 52.5 Å². The number of ketones is 1. The molecule has 0 amide bonds. The molecule has 1 fully saturated rings. The van der Waals surface area contributed by atoms with Crippen molar-refractivity contribution in [1.82, 2.24) is 4.90 Å². The summed E-state index contributed by atoms with van der Waals surface area (Å²) in [4.78, 5) is 13.9. The zero-order valence-electron chi connectivity index (χ0n) is 9.75. The van der Waals surface area contributed by atoms with E-state index in [1.807, 2.05) is 0 Å². The van der Waals surface area contributed by atoms with E-state index in [1.54, 1.807) is 0 Å². The van der Waals surface area contributed by atoms with Gasteiger partial charge in [0, 0.05) is 18.4 Å². The van der Waals surface area contributed by atoms with Crippen LogP contribution in [0.25, 0.3) is 0 Å². The van der Waals surface area contributed by atoms with Gasteiger partial charge < -0.3 is 4.90 Å². The third-order valence-electron chi connectivity index (χ3n) is 3.33. The van der Waals surface area contributed by atoms with Gasteiger partial charge in [-0.1, -0.05) is 6.92 Å². The minimum atomic E-state index is 0.378. The van der Waals surface area contributed by atoms with E-state index in [0.717, 1.165) is 38.8 Å². The molecule has 1 atom stereocenters. The molecule has 0 aromatic rings. The molecule has 0 aromatic heterocycles. The predicted molar refractivity (Wildman–Crippen MR) is 59.3 cm³/mol. The van der Waals surface area contributed by atoms with Crippen molar-refractivity contribution >= 4 is 5.78 Å². The van der Waals surface area contributed by atoms with Gasteiger partial charge in [0.2, 0.25) is 0 Å². The molecular formula is C12H23NO. The lowest BCUT2D eigenvalue weighted by atomic mass is 10.0. The average molecular weight is 197 g/mol. The van der Waals surface area contributed by atoms with Gasteiger partial charge in [0.25, 0.3) is 0 Å². The van der Waals surface area contributed by atoms with Gasteiger partial charge in [-0.05, 0) is 46.2 Å². The molecule has 0 N–H and O–H groups in total. The van der Waals surface area contributed by atoms with Crippen molar-refractivity contribution in [1.29, 1.82) is 0 Å². The van der Waals surface area contributed by atoms with E-state index in [-0.39, 0.29) is 0 Å². The Labute approximate surface area is 87.7 Å². The number of rotatable bonds is 5. The van der Waals surface area contributed by atoms with Crippen LogP contribution in [0, 0.1) is 5.92 Å². The topological polar surface area (TPSA) is 20.3 Å². The third kappa shape index (κ3) is 3.09. The monoisotopic (exact) mass is 197 g/mol. The zero-order valence-corrected chi connectivity index (χ0v) is 9.75. The SMILES string of the molecule is CCN(CCC1CCCC1=O)C(C)C. The van der Waals surface area contributed by atoms with E-state index in [0.29, 0.717) is 17.7 Å². The van der Waals surface area contributed by atoms with Gasteiger partial charge in [-0.3, -0.25) is 4.79 Å². The molecular weight excluding hydrogens is 174 g/mol. The normalized spacial score (nSPS) is 22.6. The Morgan fingerprint density at radius 2 is 2.21 bits per heavy atom. The fourth-order valence-corrected chi connectivity index (χ4v) is 2.30. The summed E-state index contributed by atoms with van der Waals surface area (Å²) in [5, 5.41) is 0. The molecule has 1 aliphatic rings. The smallest absolute Gasteiger partial charge is 0.136 e. The van der Waals surface area contributed by atoms with E-state index in [4.69, 9.17) is 0 Å². The highest BCUT2D eigenvalue weighted by molar-refractivity contribution is 5.82. The summed E-state index contributed by atoms with van der Waals surface area (Å²) in [6.07, 6.45) is 4.16. The summed E-state index contributed by atoms with van der Waals surface area (Å²) in [7, 11) is 0. The Kier molecular flexibility index (Phi) is 4.59. The van der Waals surface area contributed by atoms with Crippen molar-refractivity contribution < 1.29 is 4.79 Å². The molecule has 2 heteroatoms. The van der Waals surface area contributed by atoms with E-state index < -0.39 is 0 Å². The second-order valence-electron chi connectivity index (χ2n) is 4.57. The van der Waals surface area contributed by atoms with Gasteiger partial charge in [-0.15, -0.1) is 0 Å². The molecule has 14 heavy (non-hydrogen) atoms. The molecule has 0 bridgehead atoms. The van der Waals surface area contributed by atoms with Crippen molar-refractivity contribution in [3.05, 3.63) is 0 Å². The second kappa shape index (κ2) is 5.50. The Bertz CT molecular complexity index is 189. The maximum Gasteiger partial charge on any atom is 0.136 e. The molecule has 0 radical (unpaired) electrons. The lowest BCUT2D eigenvalue weighted by Crippen LogP contribution is -2.32. The summed E-state index contributed by atoms with van der Waals surface area (Å²) in [6.45, 7) is 8.82. The number of nitrogens with zero attached hydrogens (tertiary/aromatic N) is 1. The van der Waals surface area contributed by atoms with E-state index in [1.165, 1.54) is 0 Å². The number of Topliss-reactive ketones (excluding diaryl/α,β-unsaturated/α-hetero) is 1. The van der Waals surface area contributed by atoms with Crippen molar-refractivity contribution in [3.63, 3.8) is 0 Å². The van der Waals surface area contributed by atoms with Crippen LogP contribution in [0.1, 0.15) is 46.5 Å². The molecule has 1 unspecified atom stereocenters. The molecule has 0 aromatic carbocycles. The van der Waals surface area contributed by atoms with E-state index in [2.05, 4.69) is 25.7 Å². The minimum Gasteiger partial charge on any atom is -0.301 e. The first-order valence-electron chi connectivity index (χ1n) is 5.92. The molecule has 1 saturated carbocycles. The summed E-state index contributed by atoms with van der Waals surface area (Å²) in [6, 6.07) is 0.608. The van der Waals surface area contributed by atoms with Gasteiger partial charge in [0.15, 0.2) is 0 Å². The van der Waals surface area contributed by atoms with Crippen LogP contribution in [-0.2, 0) is 4.79 Å². The van der Waals surface area contributed by atoms with Crippen LogP contribution in [0.15, 0.2) is 0 Å². The highest BCUT2D eigenvalue weighted by Gasteiger charge is 2.24. The minimum absolute atomic E-state index is 0.378. The first kappa shape index (κ1) is 11.7. The fraction of sp³-hybridized carbons (Fsp3) is 0.917. The Morgan fingerprint density at radius 3 is 2.64 bits per heavy atom. The summed E-state index contributed by atoms with van der Waals surface area (Å²) >= 11 is 0. The predicted octanol–water partition coefficient (Wildman–Crippen LogP) is 2.48. The largest absolute Gasteiger partial charge is 0.301 e. The molecule has 0 saturated heterocycles. The zero-order chi connectivity index (χ0) is 10.6. The second-order valence-corrected chi connectivity index (χ2v) is 4.57. The number of carbonyl (C=O) groups excluding carboxylic acids is 1. The Balaban J connectivity index is 2.27. The average Bonchev–Trinajstić information content (AvgIpc) is 2.52. The fourth-order valence-electron chi connectivity index (χ4n) is 2.30. The first-order chi connectivity index (χ1) is 6.65. The van der Waals surface area contributed by atoms with Gasteiger partial charge in [-0.25, -0.2) is 0 Å². The molecule has 1 rings (SSSR count). The maximum absolute atomic E-state index is 11.4. The van der Waals surface area contributed by atoms with Gasteiger partial charge >= 0.3 is 0 Å². The van der Waals surface area contributed by atoms with Crippen molar-refractivity contribution in [2.75, 3.05) is 13.1 Å². The third-order valence-corrected chi connectivity index (χ3v) is 3.33. The highest BCUT2D eigenvalue weighted by Crippen LogP contribution is 2.24. The molecule has 0 aliphatic heterocycles. The Morgan fingerprint density at radius 1 is 1.50 bits per heavy atom. The van der Waals surface area contributed by atoms with Crippen LogP contribution in [0.5, 0.6) is 0 Å². The lowest BCUT2D eigenvalue weighted by Gasteiger charge is -2.25. The molecule has 2 nitrogen and oxygen atoms in total. The van der Waals surface area contributed by atoms with Crippen LogP contribution < -0.4 is 0 Å². The van der Waals surface area contributed by atoms with Crippen LogP contribution in [0.2, 0.25) is 0 Å². The van der Waals surface area contributed by atoms with Crippen molar-refractivity contribution in [2.24, 2.45) is 5.92 Å². The highest BCUT2D eigenvalue weighted by atomic mass is 16.1. The standard InChI is InChI=1S/C12H23NO/c1-4-13(10(2)3)9-8-11-6-5-7-12(11)14/h10-11H,4-9H2,1-3H3.